The third-order valence-corrected chi connectivity index (χ3v) is 6.58. The molecule has 0 aromatic heterocycles. The summed E-state index contributed by atoms with van der Waals surface area (Å²) in [6.45, 7) is 9.19. The van der Waals surface area contributed by atoms with E-state index >= 15 is 0 Å². The van der Waals surface area contributed by atoms with Crippen LogP contribution in [0.3, 0.4) is 0 Å². The molecule has 2 N–H and O–H groups in total. The maximum Gasteiger partial charge on any atom is 0.273 e. The van der Waals surface area contributed by atoms with Crippen molar-refractivity contribution in [3.8, 4) is 0 Å². The summed E-state index contributed by atoms with van der Waals surface area (Å²) in [5, 5.41) is 6.76. The Morgan fingerprint density at radius 2 is 1.63 bits per heavy atom. The SMILES string of the molecule is CCN(CC)CCN(C)Cc1ccc(C(=O)Nc2ccc(Br)cc2C(=O)N/N=C/c2ccc(F)cc2)cc1. The molecule has 38 heavy (non-hydrogen) atoms. The Labute approximate surface area is 231 Å². The molecule has 0 bridgehead atoms. The lowest BCUT2D eigenvalue weighted by molar-refractivity contribution is 0.0956. The number of likely N-dealkylation sites (N-methyl/N-ethyl adjacent to an activating group) is 2. The van der Waals surface area contributed by atoms with Crippen LogP contribution < -0.4 is 10.7 Å². The number of hydrazone groups is 1. The van der Waals surface area contributed by atoms with Gasteiger partial charge in [-0.1, -0.05) is 54.0 Å². The van der Waals surface area contributed by atoms with Gasteiger partial charge in [0.05, 0.1) is 17.5 Å². The number of benzene rings is 3. The normalized spacial score (nSPS) is 11.3. The van der Waals surface area contributed by atoms with Gasteiger partial charge < -0.3 is 15.1 Å². The van der Waals surface area contributed by atoms with Gasteiger partial charge in [0.2, 0.25) is 0 Å². The van der Waals surface area contributed by atoms with Crippen LogP contribution in [-0.2, 0) is 6.54 Å². The van der Waals surface area contributed by atoms with Gasteiger partial charge in [0.1, 0.15) is 5.82 Å². The highest BCUT2D eigenvalue weighted by atomic mass is 79.9. The van der Waals surface area contributed by atoms with Gasteiger partial charge in [-0.05, 0) is 73.7 Å². The highest BCUT2D eigenvalue weighted by Gasteiger charge is 2.15. The second kappa shape index (κ2) is 14.5. The average Bonchev–Trinajstić information content (AvgIpc) is 2.91. The highest BCUT2D eigenvalue weighted by molar-refractivity contribution is 9.10. The predicted molar refractivity (Wildman–Crippen MR) is 154 cm³/mol. The van der Waals surface area contributed by atoms with E-state index in [-0.39, 0.29) is 17.3 Å². The zero-order valence-electron chi connectivity index (χ0n) is 21.9. The van der Waals surface area contributed by atoms with Gasteiger partial charge in [-0.3, -0.25) is 9.59 Å². The second-order valence-corrected chi connectivity index (χ2v) is 9.77. The van der Waals surface area contributed by atoms with E-state index in [9.17, 15) is 14.0 Å². The largest absolute Gasteiger partial charge is 0.321 e. The van der Waals surface area contributed by atoms with Gasteiger partial charge in [0.25, 0.3) is 11.8 Å². The molecule has 0 aliphatic rings. The first-order valence-corrected chi connectivity index (χ1v) is 13.3. The van der Waals surface area contributed by atoms with Crippen LogP contribution in [0.2, 0.25) is 0 Å². The molecule has 3 aromatic rings. The first-order valence-electron chi connectivity index (χ1n) is 12.5. The standard InChI is InChI=1S/C29H33BrFN5O2/c1-4-36(5-2)17-16-35(3)20-22-6-10-23(11-7-22)28(37)33-27-15-12-24(30)18-26(27)29(38)34-32-19-21-8-13-25(31)14-9-21/h6-15,18-19H,4-5,16-17,20H2,1-3H3,(H,33,37)(H,34,38)/b32-19+. The number of halogens is 2. The predicted octanol–water partition coefficient (Wildman–Crippen LogP) is 5.38. The summed E-state index contributed by atoms with van der Waals surface area (Å²) in [4.78, 5) is 30.4. The van der Waals surface area contributed by atoms with E-state index < -0.39 is 5.91 Å². The molecule has 0 saturated carbocycles. The Morgan fingerprint density at radius 3 is 2.29 bits per heavy atom. The second-order valence-electron chi connectivity index (χ2n) is 8.86. The zero-order valence-corrected chi connectivity index (χ0v) is 23.5. The molecule has 0 saturated heterocycles. The van der Waals surface area contributed by atoms with Crippen LogP contribution in [-0.4, -0.2) is 61.1 Å². The average molecular weight is 583 g/mol. The van der Waals surface area contributed by atoms with E-state index in [2.05, 4.69) is 62.5 Å². The number of amides is 2. The van der Waals surface area contributed by atoms with Crippen LogP contribution in [0, 0.1) is 5.82 Å². The molecule has 0 atom stereocenters. The molecule has 9 heteroatoms. The number of anilines is 1. The molecule has 0 heterocycles. The molecule has 3 rings (SSSR count). The van der Waals surface area contributed by atoms with Gasteiger partial charge in [-0.25, -0.2) is 9.82 Å². The molecular formula is C29H33BrFN5O2. The maximum atomic E-state index is 13.1. The van der Waals surface area contributed by atoms with E-state index in [1.165, 1.54) is 18.3 Å². The van der Waals surface area contributed by atoms with E-state index in [1.807, 2.05) is 12.1 Å². The molecule has 0 fully saturated rings. The van der Waals surface area contributed by atoms with Crippen molar-refractivity contribution < 1.29 is 14.0 Å². The van der Waals surface area contributed by atoms with Crippen molar-refractivity contribution in [2.75, 3.05) is 38.5 Å². The molecule has 0 aliphatic heterocycles. The molecule has 0 aliphatic carbocycles. The Morgan fingerprint density at radius 1 is 0.947 bits per heavy atom. The summed E-state index contributed by atoms with van der Waals surface area (Å²) >= 11 is 3.37. The van der Waals surface area contributed by atoms with E-state index in [4.69, 9.17) is 0 Å². The molecule has 200 valence electrons. The van der Waals surface area contributed by atoms with Crippen molar-refractivity contribution in [3.05, 3.63) is 99.3 Å². The van der Waals surface area contributed by atoms with Crippen LogP contribution in [0.25, 0.3) is 0 Å². The third kappa shape index (κ3) is 8.86. The van der Waals surface area contributed by atoms with Crippen LogP contribution in [0.15, 0.2) is 76.3 Å². The highest BCUT2D eigenvalue weighted by Crippen LogP contribution is 2.22. The summed E-state index contributed by atoms with van der Waals surface area (Å²) in [5.41, 5.74) is 5.29. The van der Waals surface area contributed by atoms with Crippen LogP contribution >= 0.6 is 15.9 Å². The van der Waals surface area contributed by atoms with Crippen LogP contribution in [0.5, 0.6) is 0 Å². The number of carbonyl (C=O) groups excluding carboxylic acids is 2. The number of carbonyl (C=O) groups is 2. The molecular weight excluding hydrogens is 549 g/mol. The summed E-state index contributed by atoms with van der Waals surface area (Å²) < 4.78 is 13.7. The minimum absolute atomic E-state index is 0.246. The lowest BCUT2D eigenvalue weighted by Gasteiger charge is -2.23. The van der Waals surface area contributed by atoms with Crippen molar-refractivity contribution in [2.24, 2.45) is 5.10 Å². The molecule has 0 radical (unpaired) electrons. The topological polar surface area (TPSA) is 77.0 Å². The smallest absolute Gasteiger partial charge is 0.273 e. The van der Waals surface area contributed by atoms with Gasteiger partial charge in [0.15, 0.2) is 0 Å². The Balaban J connectivity index is 1.61. The van der Waals surface area contributed by atoms with Gasteiger partial charge in [-0.15, -0.1) is 0 Å². The van der Waals surface area contributed by atoms with E-state index in [0.717, 1.165) is 38.3 Å². The van der Waals surface area contributed by atoms with Crippen molar-refractivity contribution in [3.63, 3.8) is 0 Å². The fourth-order valence-electron chi connectivity index (χ4n) is 3.79. The fourth-order valence-corrected chi connectivity index (χ4v) is 4.15. The third-order valence-electron chi connectivity index (χ3n) is 6.09. The van der Waals surface area contributed by atoms with Gasteiger partial charge in [0, 0.05) is 29.7 Å². The van der Waals surface area contributed by atoms with E-state index in [0.29, 0.717) is 21.3 Å². The van der Waals surface area contributed by atoms with Crippen LogP contribution in [0.1, 0.15) is 45.7 Å². The van der Waals surface area contributed by atoms with Crippen LogP contribution in [0.4, 0.5) is 10.1 Å². The van der Waals surface area contributed by atoms with Crippen molar-refractivity contribution >= 4 is 39.6 Å². The molecule has 0 spiro atoms. The summed E-state index contributed by atoms with van der Waals surface area (Å²) in [5.74, 6) is -1.17. The fraction of sp³-hybridized carbons (Fsp3) is 0.276. The maximum absolute atomic E-state index is 13.1. The lowest BCUT2D eigenvalue weighted by Crippen LogP contribution is -2.32. The molecule has 2 amide bonds. The molecule has 0 unspecified atom stereocenters. The van der Waals surface area contributed by atoms with Crippen molar-refractivity contribution in [2.45, 2.75) is 20.4 Å². The Hall–Kier alpha value is -3.40. The first-order chi connectivity index (χ1) is 18.3. The molecule has 3 aromatic carbocycles. The van der Waals surface area contributed by atoms with Gasteiger partial charge in [-0.2, -0.15) is 5.10 Å². The number of hydrogen-bond donors (Lipinski definition) is 2. The summed E-state index contributed by atoms with van der Waals surface area (Å²) in [6, 6.07) is 18.2. The summed E-state index contributed by atoms with van der Waals surface area (Å²) in [6.07, 6.45) is 1.41. The van der Waals surface area contributed by atoms with Crippen molar-refractivity contribution in [1.82, 2.24) is 15.2 Å². The number of nitrogens with one attached hydrogen (secondary N) is 2. The number of rotatable bonds is 12. The number of hydrogen-bond acceptors (Lipinski definition) is 5. The first kappa shape index (κ1) is 29.2. The Bertz CT molecular complexity index is 1240. The minimum Gasteiger partial charge on any atom is -0.321 e. The minimum atomic E-state index is -0.497. The molecule has 7 nitrogen and oxygen atoms in total. The van der Waals surface area contributed by atoms with Crippen molar-refractivity contribution in [1.29, 1.82) is 0 Å². The monoisotopic (exact) mass is 581 g/mol. The Kier molecular flexibility index (Phi) is 11.1. The lowest BCUT2D eigenvalue weighted by atomic mass is 10.1. The summed E-state index contributed by atoms with van der Waals surface area (Å²) in [7, 11) is 2.09. The van der Waals surface area contributed by atoms with Gasteiger partial charge >= 0.3 is 0 Å². The number of nitrogens with zero attached hydrogens (tertiary/aromatic N) is 3. The van der Waals surface area contributed by atoms with E-state index in [1.54, 1.807) is 42.5 Å². The zero-order chi connectivity index (χ0) is 27.5. The quantitative estimate of drug-likeness (QED) is 0.222.